The van der Waals surface area contributed by atoms with Crippen molar-refractivity contribution in [3.8, 4) is 0 Å². The Labute approximate surface area is 150 Å². The molecule has 3 aromatic rings. The van der Waals surface area contributed by atoms with Gasteiger partial charge in [-0.1, -0.05) is 30.0 Å². The number of nitrogens with zero attached hydrogens (tertiary/aromatic N) is 1. The Balaban J connectivity index is 1.55. The van der Waals surface area contributed by atoms with Crippen LogP contribution in [-0.4, -0.2) is 5.71 Å². The predicted octanol–water partition coefficient (Wildman–Crippen LogP) is 5.87. The third-order valence-corrected chi connectivity index (χ3v) is 5.12. The van der Waals surface area contributed by atoms with Crippen LogP contribution in [0, 0.1) is 5.82 Å². The number of hydrogen-bond acceptors (Lipinski definition) is 4. The van der Waals surface area contributed by atoms with Crippen LogP contribution in [0.5, 0.6) is 0 Å². The lowest BCUT2D eigenvalue weighted by molar-refractivity contribution is 0.628. The third-order valence-electron chi connectivity index (χ3n) is 3.97. The second kappa shape index (κ2) is 6.61. The van der Waals surface area contributed by atoms with Crippen molar-refractivity contribution in [2.24, 2.45) is 5.10 Å². The van der Waals surface area contributed by atoms with Crippen molar-refractivity contribution in [3.63, 3.8) is 0 Å². The predicted molar refractivity (Wildman–Crippen MR) is 103 cm³/mol. The average molecular weight is 349 g/mol. The van der Waals surface area contributed by atoms with E-state index in [4.69, 9.17) is 0 Å². The van der Waals surface area contributed by atoms with Crippen LogP contribution in [0.2, 0.25) is 0 Å². The van der Waals surface area contributed by atoms with Crippen molar-refractivity contribution in [2.45, 2.75) is 16.7 Å². The van der Waals surface area contributed by atoms with E-state index >= 15 is 0 Å². The van der Waals surface area contributed by atoms with Gasteiger partial charge >= 0.3 is 0 Å². The monoisotopic (exact) mass is 349 g/mol. The fraction of sp³-hybridized carbons (Fsp3) is 0.0500. The first-order valence-electron chi connectivity index (χ1n) is 7.93. The van der Waals surface area contributed by atoms with Crippen molar-refractivity contribution in [1.29, 1.82) is 0 Å². The molecular weight excluding hydrogens is 333 g/mol. The topological polar surface area (TPSA) is 36.4 Å². The van der Waals surface area contributed by atoms with E-state index in [1.54, 1.807) is 23.9 Å². The van der Waals surface area contributed by atoms with Crippen molar-refractivity contribution >= 4 is 34.5 Å². The highest BCUT2D eigenvalue weighted by atomic mass is 32.2. The minimum Gasteiger partial charge on any atom is -0.354 e. The maximum Gasteiger partial charge on any atom is 0.123 e. The molecule has 3 nitrogen and oxygen atoms in total. The number of fused-ring (bicyclic) bond motifs is 2. The highest BCUT2D eigenvalue weighted by molar-refractivity contribution is 7.99. The van der Waals surface area contributed by atoms with Gasteiger partial charge in [-0.2, -0.15) is 5.10 Å². The van der Waals surface area contributed by atoms with Crippen molar-refractivity contribution in [2.75, 3.05) is 10.7 Å². The lowest BCUT2D eigenvalue weighted by Crippen LogP contribution is -2.04. The number of benzene rings is 3. The zero-order valence-electron chi connectivity index (χ0n) is 13.6. The zero-order valence-corrected chi connectivity index (χ0v) is 14.4. The van der Waals surface area contributed by atoms with Crippen LogP contribution in [-0.2, 0) is 0 Å². The molecule has 0 saturated carbocycles. The van der Waals surface area contributed by atoms with Crippen LogP contribution >= 0.6 is 11.8 Å². The summed E-state index contributed by atoms with van der Waals surface area (Å²) in [5.41, 5.74) is 7.80. The van der Waals surface area contributed by atoms with Gasteiger partial charge in [-0.25, -0.2) is 4.39 Å². The normalized spacial score (nSPS) is 12.8. The first-order chi connectivity index (χ1) is 12.2. The molecule has 0 radical (unpaired) electrons. The highest BCUT2D eigenvalue weighted by Crippen LogP contribution is 2.44. The molecule has 0 aliphatic carbocycles. The minimum absolute atomic E-state index is 0.259. The van der Waals surface area contributed by atoms with Gasteiger partial charge in [-0.3, -0.25) is 5.43 Å². The van der Waals surface area contributed by atoms with E-state index in [9.17, 15) is 4.39 Å². The van der Waals surface area contributed by atoms with Gasteiger partial charge in [0.25, 0.3) is 0 Å². The first kappa shape index (κ1) is 15.7. The summed E-state index contributed by atoms with van der Waals surface area (Å²) in [7, 11) is 0. The van der Waals surface area contributed by atoms with E-state index in [0.717, 1.165) is 28.3 Å². The van der Waals surface area contributed by atoms with E-state index in [1.807, 2.05) is 19.1 Å². The molecule has 0 fully saturated rings. The molecule has 0 saturated heterocycles. The number of para-hydroxylation sites is 1. The number of rotatable bonds is 3. The molecule has 3 aromatic carbocycles. The van der Waals surface area contributed by atoms with Crippen LogP contribution in [0.15, 0.2) is 81.6 Å². The molecule has 1 aliphatic heterocycles. The summed E-state index contributed by atoms with van der Waals surface area (Å²) in [6.45, 7) is 1.95. The number of anilines is 3. The summed E-state index contributed by atoms with van der Waals surface area (Å²) in [6, 6.07) is 20.7. The molecule has 0 spiro atoms. The average Bonchev–Trinajstić information content (AvgIpc) is 2.65. The molecule has 1 heterocycles. The van der Waals surface area contributed by atoms with Crippen molar-refractivity contribution in [3.05, 3.63) is 78.1 Å². The van der Waals surface area contributed by atoms with Crippen LogP contribution in [0.3, 0.4) is 0 Å². The largest absolute Gasteiger partial charge is 0.354 e. The van der Waals surface area contributed by atoms with Crippen molar-refractivity contribution < 1.29 is 4.39 Å². The summed E-state index contributed by atoms with van der Waals surface area (Å²) >= 11 is 1.76. The SMILES string of the molecule is C/C(=N/Nc1ccc(F)cc1)c1ccc2c(c1)Nc1ccccc1S2. The molecule has 5 heteroatoms. The fourth-order valence-corrected chi connectivity index (χ4v) is 3.57. The summed E-state index contributed by atoms with van der Waals surface area (Å²) in [6.07, 6.45) is 0. The van der Waals surface area contributed by atoms with Gasteiger partial charge in [0.15, 0.2) is 0 Å². The first-order valence-corrected chi connectivity index (χ1v) is 8.75. The van der Waals surface area contributed by atoms with E-state index in [-0.39, 0.29) is 5.82 Å². The molecule has 0 unspecified atom stereocenters. The molecule has 0 aromatic heterocycles. The molecule has 0 amide bonds. The Hall–Kier alpha value is -2.79. The van der Waals surface area contributed by atoms with E-state index < -0.39 is 0 Å². The van der Waals surface area contributed by atoms with E-state index in [1.165, 1.54) is 21.9 Å². The van der Waals surface area contributed by atoms with Crippen LogP contribution in [0.25, 0.3) is 0 Å². The van der Waals surface area contributed by atoms with Crippen LogP contribution in [0.4, 0.5) is 21.5 Å². The second-order valence-corrected chi connectivity index (χ2v) is 6.83. The summed E-state index contributed by atoms with van der Waals surface area (Å²) < 4.78 is 12.9. The Bertz CT molecular complexity index is 951. The van der Waals surface area contributed by atoms with E-state index in [2.05, 4.69) is 46.2 Å². The molecule has 2 N–H and O–H groups in total. The summed E-state index contributed by atoms with van der Waals surface area (Å²) in [5, 5.41) is 7.88. The van der Waals surface area contributed by atoms with E-state index in [0.29, 0.717) is 0 Å². The highest BCUT2D eigenvalue weighted by Gasteiger charge is 2.15. The minimum atomic E-state index is -0.259. The Morgan fingerprint density at radius 3 is 2.56 bits per heavy atom. The maximum absolute atomic E-state index is 12.9. The number of hydrogen-bond donors (Lipinski definition) is 2. The number of nitrogens with one attached hydrogen (secondary N) is 2. The number of halogens is 1. The fourth-order valence-electron chi connectivity index (χ4n) is 2.60. The molecule has 1 aliphatic rings. The lowest BCUT2D eigenvalue weighted by Gasteiger charge is -2.21. The number of hydrazone groups is 1. The molecule has 124 valence electrons. The second-order valence-electron chi connectivity index (χ2n) is 5.75. The zero-order chi connectivity index (χ0) is 17.2. The Morgan fingerprint density at radius 2 is 1.72 bits per heavy atom. The van der Waals surface area contributed by atoms with Gasteiger partial charge in [0.2, 0.25) is 0 Å². The standard InChI is InChI=1S/C20H16FN3S/c1-13(23-24-16-9-7-15(21)8-10-16)14-6-11-20-18(12-14)22-17-4-2-3-5-19(17)25-20/h2-12,22,24H,1H3/b23-13-. The Kier molecular flexibility index (Phi) is 4.15. The maximum atomic E-state index is 12.9. The van der Waals surface area contributed by atoms with Gasteiger partial charge in [-0.05, 0) is 61.0 Å². The summed E-state index contributed by atoms with van der Waals surface area (Å²) in [4.78, 5) is 2.42. The van der Waals surface area contributed by atoms with Crippen molar-refractivity contribution in [1.82, 2.24) is 0 Å². The van der Waals surface area contributed by atoms with Crippen LogP contribution < -0.4 is 10.7 Å². The third kappa shape index (κ3) is 3.37. The molecule has 0 bridgehead atoms. The van der Waals surface area contributed by atoms with Gasteiger partial charge in [-0.15, -0.1) is 0 Å². The summed E-state index contributed by atoms with van der Waals surface area (Å²) in [5.74, 6) is -0.259. The lowest BCUT2D eigenvalue weighted by atomic mass is 10.1. The van der Waals surface area contributed by atoms with Gasteiger partial charge < -0.3 is 5.32 Å². The smallest absolute Gasteiger partial charge is 0.123 e. The molecule has 4 rings (SSSR count). The quantitative estimate of drug-likeness (QED) is 0.359. The van der Waals surface area contributed by atoms with Gasteiger partial charge in [0, 0.05) is 9.79 Å². The Morgan fingerprint density at radius 1 is 0.960 bits per heavy atom. The molecular formula is C20H16FN3S. The molecule has 0 atom stereocenters. The van der Waals surface area contributed by atoms with Gasteiger partial charge in [0.1, 0.15) is 5.82 Å². The molecule has 25 heavy (non-hydrogen) atoms. The van der Waals surface area contributed by atoms with Crippen LogP contribution in [0.1, 0.15) is 12.5 Å². The van der Waals surface area contributed by atoms with Gasteiger partial charge in [0.05, 0.1) is 22.8 Å².